The molecule has 0 aliphatic carbocycles. The molecule has 0 spiro atoms. The summed E-state index contributed by atoms with van der Waals surface area (Å²) < 4.78 is 15.4. The van der Waals surface area contributed by atoms with Gasteiger partial charge in [-0.05, 0) is 18.2 Å². The second-order valence-electron chi connectivity index (χ2n) is 3.01. The van der Waals surface area contributed by atoms with E-state index in [9.17, 15) is 4.79 Å². The molecule has 0 unspecified atom stereocenters. The molecule has 0 fully saturated rings. The predicted octanol–water partition coefficient (Wildman–Crippen LogP) is 0.819. The van der Waals surface area contributed by atoms with Crippen LogP contribution in [0.1, 0.15) is 10.4 Å². The number of rotatable bonds is 7. The highest BCUT2D eigenvalue weighted by atomic mass is 16.7. The van der Waals surface area contributed by atoms with E-state index in [1.807, 2.05) is 0 Å². The van der Waals surface area contributed by atoms with Gasteiger partial charge in [-0.2, -0.15) is 0 Å². The van der Waals surface area contributed by atoms with Gasteiger partial charge in [0.1, 0.15) is 12.9 Å². The van der Waals surface area contributed by atoms with Crippen molar-refractivity contribution >= 4 is 6.29 Å². The van der Waals surface area contributed by atoms with Crippen LogP contribution in [0.5, 0.6) is 11.5 Å². The van der Waals surface area contributed by atoms with Gasteiger partial charge < -0.3 is 19.9 Å². The Morgan fingerprint density at radius 3 is 2.75 bits per heavy atom. The molecule has 0 saturated carbocycles. The summed E-state index contributed by atoms with van der Waals surface area (Å²) in [6.45, 7) is 0.889. The van der Waals surface area contributed by atoms with Crippen molar-refractivity contribution < 1.29 is 19.0 Å². The zero-order valence-electron chi connectivity index (χ0n) is 9.14. The summed E-state index contributed by atoms with van der Waals surface area (Å²) in [5.41, 5.74) is 5.86. The summed E-state index contributed by atoms with van der Waals surface area (Å²) >= 11 is 0. The molecule has 0 bridgehead atoms. The zero-order chi connectivity index (χ0) is 11.8. The lowest BCUT2D eigenvalue weighted by atomic mass is 10.2. The number of ether oxygens (including phenoxy) is 3. The van der Waals surface area contributed by atoms with Crippen LogP contribution in [0.15, 0.2) is 18.2 Å². The number of hydrogen-bond donors (Lipinski definition) is 1. The number of aldehydes is 1. The second-order valence-corrected chi connectivity index (χ2v) is 3.01. The first-order chi connectivity index (χ1) is 7.81. The van der Waals surface area contributed by atoms with Crippen molar-refractivity contribution in [1.29, 1.82) is 0 Å². The SMILES string of the molecule is COCOc1ccc(C=O)cc1OCCN. The molecule has 5 nitrogen and oxygen atoms in total. The van der Waals surface area contributed by atoms with Gasteiger partial charge in [0.2, 0.25) is 0 Å². The Hall–Kier alpha value is -1.59. The molecule has 0 atom stereocenters. The van der Waals surface area contributed by atoms with Crippen LogP contribution in [0.4, 0.5) is 0 Å². The number of carbonyl (C=O) groups excluding carboxylic acids is 1. The maximum Gasteiger partial charge on any atom is 0.188 e. The normalized spacial score (nSPS) is 9.88. The third-order valence-corrected chi connectivity index (χ3v) is 1.81. The molecule has 0 amide bonds. The number of carbonyl (C=O) groups is 1. The van der Waals surface area contributed by atoms with E-state index < -0.39 is 0 Å². The number of nitrogens with two attached hydrogens (primary N) is 1. The predicted molar refractivity (Wildman–Crippen MR) is 58.9 cm³/mol. The van der Waals surface area contributed by atoms with Crippen LogP contribution in [-0.2, 0) is 4.74 Å². The fraction of sp³-hybridized carbons (Fsp3) is 0.364. The molecule has 0 aromatic heterocycles. The van der Waals surface area contributed by atoms with Gasteiger partial charge in [0, 0.05) is 19.2 Å². The van der Waals surface area contributed by atoms with Gasteiger partial charge in [0.25, 0.3) is 0 Å². The van der Waals surface area contributed by atoms with Gasteiger partial charge in [-0.25, -0.2) is 0 Å². The minimum Gasteiger partial charge on any atom is -0.488 e. The molecule has 0 saturated heterocycles. The van der Waals surface area contributed by atoms with Crippen LogP contribution >= 0.6 is 0 Å². The molecule has 5 heteroatoms. The molecule has 1 aromatic carbocycles. The van der Waals surface area contributed by atoms with Crippen LogP contribution in [-0.4, -0.2) is 33.3 Å². The third kappa shape index (κ3) is 3.52. The summed E-state index contributed by atoms with van der Waals surface area (Å²) in [6.07, 6.45) is 0.745. The van der Waals surface area contributed by atoms with Crippen molar-refractivity contribution in [3.8, 4) is 11.5 Å². The van der Waals surface area contributed by atoms with Crippen molar-refractivity contribution in [2.45, 2.75) is 0 Å². The van der Waals surface area contributed by atoms with E-state index in [1.165, 1.54) is 7.11 Å². The fourth-order valence-electron chi connectivity index (χ4n) is 1.12. The van der Waals surface area contributed by atoms with Crippen molar-refractivity contribution in [3.05, 3.63) is 23.8 Å². The topological polar surface area (TPSA) is 70.8 Å². The van der Waals surface area contributed by atoms with E-state index in [2.05, 4.69) is 0 Å². The first-order valence-electron chi connectivity index (χ1n) is 4.85. The largest absolute Gasteiger partial charge is 0.488 e. The highest BCUT2D eigenvalue weighted by Gasteiger charge is 2.06. The standard InChI is InChI=1S/C11H15NO4/c1-14-8-16-10-3-2-9(7-13)6-11(10)15-5-4-12/h2-3,6-7H,4-5,8,12H2,1H3. The first kappa shape index (κ1) is 12.5. The van der Waals surface area contributed by atoms with Crippen molar-refractivity contribution in [2.75, 3.05) is 27.1 Å². The number of benzene rings is 1. The number of methoxy groups -OCH3 is 1. The molecule has 0 aliphatic rings. The molecular formula is C11H15NO4. The maximum atomic E-state index is 10.6. The highest BCUT2D eigenvalue weighted by molar-refractivity contribution is 5.76. The minimum absolute atomic E-state index is 0.124. The Labute approximate surface area is 94.1 Å². The molecule has 0 radical (unpaired) electrons. The van der Waals surface area contributed by atoms with Gasteiger partial charge in [-0.1, -0.05) is 0 Å². The first-order valence-corrected chi connectivity index (χ1v) is 4.85. The Balaban J connectivity index is 2.82. The monoisotopic (exact) mass is 225 g/mol. The lowest BCUT2D eigenvalue weighted by Gasteiger charge is -2.11. The summed E-state index contributed by atoms with van der Waals surface area (Å²) in [6, 6.07) is 4.91. The van der Waals surface area contributed by atoms with Gasteiger partial charge in [0.15, 0.2) is 18.3 Å². The smallest absolute Gasteiger partial charge is 0.188 e. The Bertz CT molecular complexity index is 341. The molecule has 1 rings (SSSR count). The van der Waals surface area contributed by atoms with E-state index in [4.69, 9.17) is 19.9 Å². The van der Waals surface area contributed by atoms with Crippen LogP contribution in [0.3, 0.4) is 0 Å². The van der Waals surface area contributed by atoms with E-state index in [0.29, 0.717) is 30.2 Å². The molecule has 2 N–H and O–H groups in total. The summed E-state index contributed by atoms with van der Waals surface area (Å²) in [4.78, 5) is 10.6. The fourth-order valence-corrected chi connectivity index (χ4v) is 1.12. The molecule has 0 aliphatic heterocycles. The van der Waals surface area contributed by atoms with Crippen LogP contribution in [0.2, 0.25) is 0 Å². The summed E-state index contributed by atoms with van der Waals surface area (Å²) in [7, 11) is 1.53. The quantitative estimate of drug-likeness (QED) is 0.549. The average Bonchev–Trinajstić information content (AvgIpc) is 2.34. The van der Waals surface area contributed by atoms with E-state index in [-0.39, 0.29) is 6.79 Å². The van der Waals surface area contributed by atoms with Gasteiger partial charge in [-0.3, -0.25) is 4.79 Å². The van der Waals surface area contributed by atoms with Crippen LogP contribution < -0.4 is 15.2 Å². The van der Waals surface area contributed by atoms with Crippen molar-refractivity contribution in [1.82, 2.24) is 0 Å². The van der Waals surface area contributed by atoms with Crippen LogP contribution in [0, 0.1) is 0 Å². The van der Waals surface area contributed by atoms with Gasteiger partial charge in [-0.15, -0.1) is 0 Å². The molecule has 0 heterocycles. The lowest BCUT2D eigenvalue weighted by molar-refractivity contribution is 0.0486. The highest BCUT2D eigenvalue weighted by Crippen LogP contribution is 2.27. The van der Waals surface area contributed by atoms with E-state index in [0.717, 1.165) is 6.29 Å². The third-order valence-electron chi connectivity index (χ3n) is 1.81. The van der Waals surface area contributed by atoms with E-state index in [1.54, 1.807) is 18.2 Å². The Morgan fingerprint density at radius 1 is 1.31 bits per heavy atom. The maximum absolute atomic E-state index is 10.6. The summed E-state index contributed by atoms with van der Waals surface area (Å²) in [5, 5.41) is 0. The Morgan fingerprint density at radius 2 is 2.12 bits per heavy atom. The van der Waals surface area contributed by atoms with Gasteiger partial charge >= 0.3 is 0 Å². The molecule has 16 heavy (non-hydrogen) atoms. The number of hydrogen-bond acceptors (Lipinski definition) is 5. The molecule has 88 valence electrons. The molecule has 1 aromatic rings. The van der Waals surface area contributed by atoms with Crippen LogP contribution in [0.25, 0.3) is 0 Å². The second kappa shape index (κ2) is 6.81. The van der Waals surface area contributed by atoms with E-state index >= 15 is 0 Å². The molecular weight excluding hydrogens is 210 g/mol. The lowest BCUT2D eigenvalue weighted by Crippen LogP contribution is -2.11. The van der Waals surface area contributed by atoms with Crippen molar-refractivity contribution in [2.24, 2.45) is 5.73 Å². The minimum atomic E-state index is 0.124. The van der Waals surface area contributed by atoms with Gasteiger partial charge in [0.05, 0.1) is 0 Å². The Kier molecular flexibility index (Phi) is 5.31. The summed E-state index contributed by atoms with van der Waals surface area (Å²) in [5.74, 6) is 1.02. The average molecular weight is 225 g/mol. The zero-order valence-corrected chi connectivity index (χ0v) is 9.14. The van der Waals surface area contributed by atoms with Crippen molar-refractivity contribution in [3.63, 3.8) is 0 Å².